The van der Waals surface area contributed by atoms with Gasteiger partial charge in [-0.05, 0) is 6.07 Å². The molecule has 0 spiro atoms. The normalized spacial score (nSPS) is 15.0. The van der Waals surface area contributed by atoms with Crippen molar-refractivity contribution in [1.82, 2.24) is 4.98 Å². The fourth-order valence-corrected chi connectivity index (χ4v) is 1.84. The topological polar surface area (TPSA) is 75.5 Å². The maximum Gasteiger partial charge on any atom is 0.340 e. The Labute approximate surface area is 105 Å². The van der Waals surface area contributed by atoms with Gasteiger partial charge in [-0.2, -0.15) is 5.26 Å². The van der Waals surface area contributed by atoms with E-state index in [-0.39, 0.29) is 5.69 Å². The molecule has 1 fully saturated rings. The van der Waals surface area contributed by atoms with Crippen LogP contribution >= 0.6 is 0 Å². The highest BCUT2D eigenvalue weighted by Crippen LogP contribution is 2.22. The minimum absolute atomic E-state index is 0.201. The van der Waals surface area contributed by atoms with E-state index in [1.807, 2.05) is 11.0 Å². The third kappa shape index (κ3) is 2.41. The number of anilines is 1. The molecule has 6 heteroatoms. The second kappa shape index (κ2) is 5.47. The highest BCUT2D eigenvalue weighted by molar-refractivity contribution is 5.96. The average Bonchev–Trinajstić information content (AvgIpc) is 2.46. The van der Waals surface area contributed by atoms with Crippen LogP contribution in [0.4, 0.5) is 5.69 Å². The maximum atomic E-state index is 11.7. The van der Waals surface area contributed by atoms with Crippen molar-refractivity contribution in [2.45, 2.75) is 0 Å². The van der Waals surface area contributed by atoms with Crippen molar-refractivity contribution >= 4 is 11.7 Å². The van der Waals surface area contributed by atoms with Gasteiger partial charge >= 0.3 is 5.97 Å². The Bertz CT molecular complexity index is 490. The van der Waals surface area contributed by atoms with Gasteiger partial charge in [-0.3, -0.25) is 0 Å². The number of methoxy groups -OCH3 is 1. The van der Waals surface area contributed by atoms with Crippen molar-refractivity contribution < 1.29 is 14.3 Å². The molecular formula is C12H13N3O3. The number of hydrogen-bond donors (Lipinski definition) is 0. The zero-order valence-corrected chi connectivity index (χ0v) is 10.0. The number of aromatic nitrogens is 1. The van der Waals surface area contributed by atoms with Crippen LogP contribution in [-0.2, 0) is 9.47 Å². The second-order valence-electron chi connectivity index (χ2n) is 3.79. The molecule has 1 aliphatic rings. The quantitative estimate of drug-likeness (QED) is 0.711. The third-order valence-corrected chi connectivity index (χ3v) is 2.75. The van der Waals surface area contributed by atoms with Crippen molar-refractivity contribution in [2.24, 2.45) is 0 Å². The molecule has 0 aliphatic carbocycles. The number of nitriles is 1. The van der Waals surface area contributed by atoms with Crippen LogP contribution in [0.25, 0.3) is 0 Å². The summed E-state index contributed by atoms with van der Waals surface area (Å²) < 4.78 is 10.00. The molecule has 94 valence electrons. The van der Waals surface area contributed by atoms with Gasteiger partial charge in [-0.15, -0.1) is 0 Å². The fraction of sp³-hybridized carbons (Fsp3) is 0.417. The van der Waals surface area contributed by atoms with Crippen molar-refractivity contribution in [1.29, 1.82) is 5.26 Å². The van der Waals surface area contributed by atoms with Crippen LogP contribution in [-0.4, -0.2) is 44.4 Å². The summed E-state index contributed by atoms with van der Waals surface area (Å²) >= 11 is 0. The first-order chi connectivity index (χ1) is 8.76. The Hall–Kier alpha value is -2.13. The third-order valence-electron chi connectivity index (χ3n) is 2.75. The van der Waals surface area contributed by atoms with E-state index in [0.717, 1.165) is 0 Å². The van der Waals surface area contributed by atoms with E-state index in [4.69, 9.17) is 14.7 Å². The minimum Gasteiger partial charge on any atom is -0.465 e. The second-order valence-corrected chi connectivity index (χ2v) is 3.79. The summed E-state index contributed by atoms with van der Waals surface area (Å²) in [6.07, 6.45) is 1.54. The Morgan fingerprint density at radius 2 is 2.28 bits per heavy atom. The van der Waals surface area contributed by atoms with Crippen LogP contribution in [0.3, 0.4) is 0 Å². The molecule has 2 heterocycles. The van der Waals surface area contributed by atoms with Crippen LogP contribution in [0.2, 0.25) is 0 Å². The SMILES string of the molecule is COC(=O)c1cc(C#N)ncc1N1CCOCC1. The van der Waals surface area contributed by atoms with Crippen molar-refractivity contribution in [3.63, 3.8) is 0 Å². The van der Waals surface area contributed by atoms with Crippen LogP contribution in [0.5, 0.6) is 0 Å². The number of ether oxygens (including phenoxy) is 2. The molecule has 0 aromatic carbocycles. The summed E-state index contributed by atoms with van der Waals surface area (Å²) in [4.78, 5) is 17.7. The lowest BCUT2D eigenvalue weighted by Crippen LogP contribution is -2.37. The molecule has 0 radical (unpaired) electrons. The summed E-state index contributed by atoms with van der Waals surface area (Å²) in [7, 11) is 1.32. The molecule has 0 N–H and O–H groups in total. The molecule has 18 heavy (non-hydrogen) atoms. The first kappa shape index (κ1) is 12.3. The number of carbonyl (C=O) groups excluding carboxylic acids is 1. The summed E-state index contributed by atoms with van der Waals surface area (Å²) in [5, 5.41) is 8.82. The Balaban J connectivity index is 2.39. The summed E-state index contributed by atoms with van der Waals surface area (Å²) in [6.45, 7) is 2.61. The number of carbonyl (C=O) groups is 1. The van der Waals surface area contributed by atoms with Gasteiger partial charge in [0, 0.05) is 13.1 Å². The lowest BCUT2D eigenvalue weighted by molar-refractivity contribution is 0.0600. The lowest BCUT2D eigenvalue weighted by atomic mass is 10.1. The highest BCUT2D eigenvalue weighted by atomic mass is 16.5. The first-order valence-corrected chi connectivity index (χ1v) is 5.57. The molecule has 6 nitrogen and oxygen atoms in total. The van der Waals surface area contributed by atoms with Crippen molar-refractivity contribution in [3.05, 3.63) is 23.5 Å². The van der Waals surface area contributed by atoms with Gasteiger partial charge in [0.2, 0.25) is 0 Å². The van der Waals surface area contributed by atoms with Crippen LogP contribution in [0, 0.1) is 11.3 Å². The van der Waals surface area contributed by atoms with Gasteiger partial charge in [-0.25, -0.2) is 9.78 Å². The van der Waals surface area contributed by atoms with Gasteiger partial charge in [-0.1, -0.05) is 0 Å². The van der Waals surface area contributed by atoms with Gasteiger partial charge in [0.1, 0.15) is 11.8 Å². The van der Waals surface area contributed by atoms with Crippen LogP contribution in [0.15, 0.2) is 12.3 Å². The summed E-state index contributed by atoms with van der Waals surface area (Å²) in [5.74, 6) is -0.463. The minimum atomic E-state index is -0.463. The van der Waals surface area contributed by atoms with Crippen LogP contribution < -0.4 is 4.90 Å². The molecule has 1 saturated heterocycles. The zero-order valence-electron chi connectivity index (χ0n) is 10.0. The van der Waals surface area contributed by atoms with E-state index >= 15 is 0 Å². The van der Waals surface area contributed by atoms with Crippen molar-refractivity contribution in [3.8, 4) is 6.07 Å². The Morgan fingerprint density at radius 1 is 1.56 bits per heavy atom. The standard InChI is InChI=1S/C12H13N3O3/c1-17-12(16)10-6-9(7-13)14-8-11(10)15-2-4-18-5-3-15/h6,8H,2-5H2,1H3. The maximum absolute atomic E-state index is 11.7. The fourth-order valence-electron chi connectivity index (χ4n) is 1.84. The molecule has 1 aromatic heterocycles. The van der Waals surface area contributed by atoms with Gasteiger partial charge in [0.25, 0.3) is 0 Å². The lowest BCUT2D eigenvalue weighted by Gasteiger charge is -2.29. The number of esters is 1. The number of morpholine rings is 1. The van der Waals surface area contributed by atoms with E-state index in [1.165, 1.54) is 19.4 Å². The molecule has 0 saturated carbocycles. The van der Waals surface area contributed by atoms with E-state index in [1.54, 1.807) is 0 Å². The highest BCUT2D eigenvalue weighted by Gasteiger charge is 2.20. The Kier molecular flexibility index (Phi) is 3.75. The van der Waals surface area contributed by atoms with Gasteiger partial charge in [0.05, 0.1) is 37.8 Å². The van der Waals surface area contributed by atoms with Crippen molar-refractivity contribution in [2.75, 3.05) is 38.3 Å². The molecule has 2 rings (SSSR count). The summed E-state index contributed by atoms with van der Waals surface area (Å²) in [6, 6.07) is 3.37. The van der Waals surface area contributed by atoms with E-state index in [9.17, 15) is 4.79 Å². The van der Waals surface area contributed by atoms with Gasteiger partial charge < -0.3 is 14.4 Å². The molecule has 0 bridgehead atoms. The molecular weight excluding hydrogens is 234 g/mol. The molecule has 0 atom stereocenters. The zero-order chi connectivity index (χ0) is 13.0. The molecule has 1 aliphatic heterocycles. The summed E-state index contributed by atoms with van der Waals surface area (Å²) in [5.41, 5.74) is 1.25. The molecule has 0 unspecified atom stereocenters. The number of pyridine rings is 1. The first-order valence-electron chi connectivity index (χ1n) is 5.57. The van der Waals surface area contributed by atoms with E-state index in [2.05, 4.69) is 4.98 Å². The van der Waals surface area contributed by atoms with E-state index < -0.39 is 5.97 Å². The monoisotopic (exact) mass is 247 g/mol. The number of nitrogens with zero attached hydrogens (tertiary/aromatic N) is 3. The molecule has 1 aromatic rings. The Morgan fingerprint density at radius 3 is 2.89 bits per heavy atom. The predicted octanol–water partition coefficient (Wildman–Crippen LogP) is 0.576. The van der Waals surface area contributed by atoms with Crippen LogP contribution in [0.1, 0.15) is 16.1 Å². The average molecular weight is 247 g/mol. The smallest absolute Gasteiger partial charge is 0.340 e. The van der Waals surface area contributed by atoms with E-state index in [0.29, 0.717) is 37.6 Å². The largest absolute Gasteiger partial charge is 0.465 e. The number of hydrogen-bond acceptors (Lipinski definition) is 6. The number of rotatable bonds is 2. The predicted molar refractivity (Wildman–Crippen MR) is 63.3 cm³/mol. The van der Waals surface area contributed by atoms with Gasteiger partial charge in [0.15, 0.2) is 0 Å². The molecule has 0 amide bonds.